The summed E-state index contributed by atoms with van der Waals surface area (Å²) in [6.45, 7) is 5.53. The molecule has 1 aliphatic rings. The van der Waals surface area contributed by atoms with Crippen molar-refractivity contribution in [2.75, 3.05) is 0 Å². The molecule has 122 valence electrons. The molecule has 1 aromatic rings. The molecule has 0 unspecified atom stereocenters. The van der Waals surface area contributed by atoms with Gasteiger partial charge in [-0.2, -0.15) is 5.10 Å². The van der Waals surface area contributed by atoms with Gasteiger partial charge < -0.3 is 10.1 Å². The summed E-state index contributed by atoms with van der Waals surface area (Å²) in [6, 6.07) is 1.84. The number of ether oxygens (including phenoxy) is 1. The van der Waals surface area contributed by atoms with Gasteiger partial charge in [-0.1, -0.05) is 0 Å². The number of nitrogens with one attached hydrogen (secondary N) is 1. The van der Waals surface area contributed by atoms with E-state index in [0.717, 1.165) is 25.7 Å². The maximum atomic E-state index is 12.3. The van der Waals surface area contributed by atoms with E-state index in [-0.39, 0.29) is 23.8 Å². The van der Waals surface area contributed by atoms with Crippen LogP contribution in [0.1, 0.15) is 56.9 Å². The van der Waals surface area contributed by atoms with E-state index < -0.39 is 5.60 Å². The van der Waals surface area contributed by atoms with Gasteiger partial charge in [0.2, 0.25) is 0 Å². The molecule has 0 atom stereocenters. The third-order valence-electron chi connectivity index (χ3n) is 3.78. The van der Waals surface area contributed by atoms with Crippen molar-refractivity contribution >= 4 is 11.9 Å². The Labute approximate surface area is 131 Å². The number of carbonyl (C=O) groups is 2. The number of alkyl carbamates (subject to hydrolysis) is 1. The van der Waals surface area contributed by atoms with Crippen molar-refractivity contribution in [3.63, 3.8) is 0 Å². The summed E-state index contributed by atoms with van der Waals surface area (Å²) in [4.78, 5) is 24.1. The van der Waals surface area contributed by atoms with Crippen molar-refractivity contribution in [2.45, 2.75) is 58.1 Å². The molecule has 0 bridgehead atoms. The van der Waals surface area contributed by atoms with Crippen molar-refractivity contribution in [3.05, 3.63) is 18.0 Å². The average Bonchev–Trinajstić information content (AvgIpc) is 2.83. The van der Waals surface area contributed by atoms with Gasteiger partial charge in [-0.25, -0.2) is 4.79 Å². The monoisotopic (exact) mass is 307 g/mol. The van der Waals surface area contributed by atoms with Crippen molar-refractivity contribution in [1.29, 1.82) is 0 Å². The van der Waals surface area contributed by atoms with Gasteiger partial charge in [-0.3, -0.25) is 9.48 Å². The highest BCUT2D eigenvalue weighted by Crippen LogP contribution is 2.27. The van der Waals surface area contributed by atoms with Crippen LogP contribution in [-0.2, 0) is 11.8 Å². The predicted molar refractivity (Wildman–Crippen MR) is 82.7 cm³/mol. The summed E-state index contributed by atoms with van der Waals surface area (Å²) >= 11 is 0. The molecule has 6 heteroatoms. The van der Waals surface area contributed by atoms with Crippen LogP contribution >= 0.6 is 0 Å². The Morgan fingerprint density at radius 2 is 1.91 bits per heavy atom. The number of hydrogen-bond donors (Lipinski definition) is 1. The fourth-order valence-corrected chi connectivity index (χ4v) is 2.73. The second kappa shape index (κ2) is 6.50. The van der Waals surface area contributed by atoms with Gasteiger partial charge in [0.1, 0.15) is 11.3 Å². The highest BCUT2D eigenvalue weighted by atomic mass is 16.6. The van der Waals surface area contributed by atoms with Crippen LogP contribution in [0.5, 0.6) is 0 Å². The van der Waals surface area contributed by atoms with Gasteiger partial charge in [0.15, 0.2) is 5.78 Å². The number of nitrogens with zero attached hydrogens (tertiary/aromatic N) is 2. The van der Waals surface area contributed by atoms with Gasteiger partial charge >= 0.3 is 6.09 Å². The van der Waals surface area contributed by atoms with E-state index in [4.69, 9.17) is 4.74 Å². The molecule has 0 aliphatic heterocycles. The zero-order valence-corrected chi connectivity index (χ0v) is 13.8. The number of aryl methyl sites for hydroxylation is 1. The standard InChI is InChI=1S/C16H25N3O3/c1-16(2,3)22-15(21)17-12-7-5-11(6-8-12)14(20)13-9-10-19(4)18-13/h9-12H,5-8H2,1-4H3,(H,17,21)/t11-,12-. The van der Waals surface area contributed by atoms with Crippen LogP contribution in [0.3, 0.4) is 0 Å². The molecule has 0 radical (unpaired) electrons. The first-order valence-electron chi connectivity index (χ1n) is 7.78. The first-order chi connectivity index (χ1) is 10.2. The maximum Gasteiger partial charge on any atom is 0.407 e. The molecule has 1 aliphatic carbocycles. The van der Waals surface area contributed by atoms with E-state index in [1.165, 1.54) is 0 Å². The van der Waals surface area contributed by atoms with Crippen molar-refractivity contribution in [3.8, 4) is 0 Å². The van der Waals surface area contributed by atoms with Gasteiger partial charge in [0.05, 0.1) is 0 Å². The molecular formula is C16H25N3O3. The largest absolute Gasteiger partial charge is 0.444 e. The Bertz CT molecular complexity index is 537. The van der Waals surface area contributed by atoms with Crippen LogP contribution < -0.4 is 5.32 Å². The Balaban J connectivity index is 1.80. The topological polar surface area (TPSA) is 73.2 Å². The van der Waals surface area contributed by atoms with E-state index in [1.807, 2.05) is 20.8 Å². The van der Waals surface area contributed by atoms with Crippen LogP contribution in [0.4, 0.5) is 4.79 Å². The second-order valence-corrected chi connectivity index (χ2v) is 6.93. The van der Waals surface area contributed by atoms with E-state index >= 15 is 0 Å². The van der Waals surface area contributed by atoms with Crippen LogP contribution in [0.15, 0.2) is 12.3 Å². The fraction of sp³-hybridized carbons (Fsp3) is 0.688. The van der Waals surface area contributed by atoms with Crippen molar-refractivity contribution in [2.24, 2.45) is 13.0 Å². The molecule has 0 spiro atoms. The minimum absolute atomic E-state index is 0.00610. The highest BCUT2D eigenvalue weighted by molar-refractivity contribution is 5.96. The average molecular weight is 307 g/mol. The molecule has 0 aromatic carbocycles. The molecule has 1 aromatic heterocycles. The van der Waals surface area contributed by atoms with Crippen LogP contribution in [-0.4, -0.2) is 33.3 Å². The maximum absolute atomic E-state index is 12.3. The lowest BCUT2D eigenvalue weighted by Gasteiger charge is -2.29. The first-order valence-corrected chi connectivity index (χ1v) is 7.78. The van der Waals surface area contributed by atoms with E-state index in [1.54, 1.807) is 24.0 Å². The summed E-state index contributed by atoms with van der Waals surface area (Å²) in [5.74, 6) is 0.114. The molecule has 22 heavy (non-hydrogen) atoms. The number of ketones is 1. The molecule has 1 fully saturated rings. The predicted octanol–water partition coefficient (Wildman–Crippen LogP) is 2.69. The number of Topliss-reactive ketones (excluding diaryl/α,β-unsaturated/α-hetero) is 1. The molecule has 0 saturated heterocycles. The smallest absolute Gasteiger partial charge is 0.407 e. The minimum atomic E-state index is -0.490. The summed E-state index contributed by atoms with van der Waals surface area (Å²) in [5.41, 5.74) is 0.0435. The highest BCUT2D eigenvalue weighted by Gasteiger charge is 2.29. The van der Waals surface area contributed by atoms with Crippen LogP contribution in [0.2, 0.25) is 0 Å². The number of rotatable bonds is 3. The fourth-order valence-electron chi connectivity index (χ4n) is 2.73. The normalized spacial score (nSPS) is 22.2. The molecule has 2 rings (SSSR count). The summed E-state index contributed by atoms with van der Waals surface area (Å²) < 4.78 is 6.90. The first kappa shape index (κ1) is 16.5. The molecule has 1 saturated carbocycles. The third-order valence-corrected chi connectivity index (χ3v) is 3.78. The van der Waals surface area contributed by atoms with Gasteiger partial charge in [0.25, 0.3) is 0 Å². The molecule has 1 amide bonds. The zero-order valence-electron chi connectivity index (χ0n) is 13.8. The van der Waals surface area contributed by atoms with Crippen LogP contribution in [0, 0.1) is 5.92 Å². The van der Waals surface area contributed by atoms with E-state index in [0.29, 0.717) is 5.69 Å². The molecule has 1 heterocycles. The van der Waals surface area contributed by atoms with Crippen molar-refractivity contribution in [1.82, 2.24) is 15.1 Å². The molecule has 6 nitrogen and oxygen atoms in total. The number of amides is 1. The Morgan fingerprint density at radius 3 is 2.41 bits per heavy atom. The number of aromatic nitrogens is 2. The minimum Gasteiger partial charge on any atom is -0.444 e. The number of carbonyl (C=O) groups excluding carboxylic acids is 2. The molecular weight excluding hydrogens is 282 g/mol. The SMILES string of the molecule is Cn1ccc(C(=O)[C@H]2CC[C@H](NC(=O)OC(C)(C)C)CC2)n1. The summed E-state index contributed by atoms with van der Waals surface area (Å²) in [6.07, 6.45) is 4.53. The van der Waals surface area contributed by atoms with Crippen molar-refractivity contribution < 1.29 is 14.3 Å². The zero-order chi connectivity index (χ0) is 16.3. The summed E-state index contributed by atoms with van der Waals surface area (Å²) in [7, 11) is 1.80. The lowest BCUT2D eigenvalue weighted by Crippen LogP contribution is -2.41. The lowest BCUT2D eigenvalue weighted by molar-refractivity contribution is 0.0487. The molecule has 1 N–H and O–H groups in total. The Hall–Kier alpha value is -1.85. The van der Waals surface area contributed by atoms with Crippen LogP contribution in [0.25, 0.3) is 0 Å². The summed E-state index contributed by atoms with van der Waals surface area (Å²) in [5, 5.41) is 7.06. The number of hydrogen-bond acceptors (Lipinski definition) is 4. The lowest BCUT2D eigenvalue weighted by atomic mass is 9.82. The van der Waals surface area contributed by atoms with E-state index in [2.05, 4.69) is 10.4 Å². The van der Waals surface area contributed by atoms with E-state index in [9.17, 15) is 9.59 Å². The second-order valence-electron chi connectivity index (χ2n) is 6.93. The van der Waals surface area contributed by atoms with Gasteiger partial charge in [-0.15, -0.1) is 0 Å². The third kappa shape index (κ3) is 4.58. The van der Waals surface area contributed by atoms with Gasteiger partial charge in [0, 0.05) is 25.2 Å². The Kier molecular flexibility index (Phi) is 4.88. The quantitative estimate of drug-likeness (QED) is 0.871. The van der Waals surface area contributed by atoms with Gasteiger partial charge in [-0.05, 0) is 52.5 Å². The Morgan fingerprint density at radius 1 is 1.27 bits per heavy atom.